The summed E-state index contributed by atoms with van der Waals surface area (Å²) in [6.07, 6.45) is 1.46. The highest BCUT2D eigenvalue weighted by molar-refractivity contribution is 5.92. The number of pyridine rings is 1. The van der Waals surface area contributed by atoms with E-state index >= 15 is 0 Å². The number of rotatable bonds is 5. The summed E-state index contributed by atoms with van der Waals surface area (Å²) >= 11 is 0. The molecule has 0 atom stereocenters. The van der Waals surface area contributed by atoms with Crippen LogP contribution in [0, 0.1) is 34.0 Å². The smallest absolute Gasteiger partial charge is 0.269 e. The van der Waals surface area contributed by atoms with Crippen molar-refractivity contribution in [3.63, 3.8) is 0 Å². The molecule has 1 aromatic carbocycles. The zero-order valence-corrected chi connectivity index (χ0v) is 13.6. The van der Waals surface area contributed by atoms with Crippen LogP contribution in [-0.2, 0) is 0 Å². The van der Waals surface area contributed by atoms with Crippen LogP contribution < -0.4 is 15.4 Å². The maximum atomic E-state index is 11.6. The van der Waals surface area contributed by atoms with Crippen molar-refractivity contribution in [2.24, 2.45) is 0 Å². The Morgan fingerprint density at radius 3 is 2.31 bits per heavy atom. The molecule has 1 aromatic heterocycles. The van der Waals surface area contributed by atoms with Crippen LogP contribution in [0.5, 0.6) is 11.5 Å². The van der Waals surface area contributed by atoms with E-state index in [1.165, 1.54) is 19.3 Å². The molecule has 0 saturated heterocycles. The Morgan fingerprint density at radius 1 is 1.04 bits per heavy atom. The number of aromatic nitrogens is 1. The van der Waals surface area contributed by atoms with E-state index in [0.717, 1.165) is 0 Å². The van der Waals surface area contributed by atoms with E-state index in [1.807, 2.05) is 0 Å². The second kappa shape index (κ2) is 8.49. The number of nitrogens with one attached hydrogen (secondary N) is 2. The summed E-state index contributed by atoms with van der Waals surface area (Å²) in [4.78, 5) is 15.5. The number of benzene rings is 1. The molecule has 0 radical (unpaired) electrons. The molecule has 0 unspecified atom stereocenters. The van der Waals surface area contributed by atoms with Gasteiger partial charge in [-0.15, -0.1) is 0 Å². The van der Waals surface area contributed by atoms with Crippen LogP contribution in [-0.4, -0.2) is 17.9 Å². The summed E-state index contributed by atoms with van der Waals surface area (Å²) in [6.45, 7) is 0. The van der Waals surface area contributed by atoms with Crippen LogP contribution in [0.25, 0.3) is 0 Å². The number of ether oxygens (including phenoxy) is 1. The summed E-state index contributed by atoms with van der Waals surface area (Å²) in [6, 6.07) is 14.7. The van der Waals surface area contributed by atoms with Gasteiger partial charge < -0.3 is 15.4 Å². The fourth-order valence-electron chi connectivity index (χ4n) is 1.90. The lowest BCUT2D eigenvalue weighted by atomic mass is 10.2. The van der Waals surface area contributed by atoms with Crippen LogP contribution >= 0.6 is 0 Å². The molecule has 0 spiro atoms. The van der Waals surface area contributed by atoms with Gasteiger partial charge >= 0.3 is 0 Å². The van der Waals surface area contributed by atoms with Crippen molar-refractivity contribution in [2.45, 2.75) is 0 Å². The van der Waals surface area contributed by atoms with Crippen molar-refractivity contribution in [1.29, 1.82) is 15.8 Å². The van der Waals surface area contributed by atoms with E-state index in [4.69, 9.17) is 20.5 Å². The van der Waals surface area contributed by atoms with E-state index < -0.39 is 0 Å². The summed E-state index contributed by atoms with van der Waals surface area (Å²) < 4.78 is 5.66. The van der Waals surface area contributed by atoms with Crippen molar-refractivity contribution in [3.8, 4) is 29.7 Å². The van der Waals surface area contributed by atoms with E-state index in [1.54, 1.807) is 48.5 Å². The minimum Gasteiger partial charge on any atom is -0.457 e. The second-order valence-electron chi connectivity index (χ2n) is 4.79. The average Bonchev–Trinajstić information content (AvgIpc) is 2.69. The van der Waals surface area contributed by atoms with Gasteiger partial charge in [0.1, 0.15) is 41.1 Å². The third-order valence-electron chi connectivity index (χ3n) is 3.14. The number of hydrogen-bond acceptors (Lipinski definition) is 7. The van der Waals surface area contributed by atoms with E-state index in [-0.39, 0.29) is 22.9 Å². The van der Waals surface area contributed by atoms with Crippen LogP contribution in [0.15, 0.2) is 53.9 Å². The minimum absolute atomic E-state index is 0.131. The van der Waals surface area contributed by atoms with Gasteiger partial charge in [0, 0.05) is 25.0 Å². The first-order chi connectivity index (χ1) is 12.6. The zero-order valence-electron chi connectivity index (χ0n) is 13.6. The SMILES string of the molecule is CNC(=O)c1cc(Oc2ccc(NC(C#N)=C(C#N)C#N)cc2)ccn1. The van der Waals surface area contributed by atoms with Crippen LogP contribution in [0.4, 0.5) is 5.69 Å². The molecule has 8 nitrogen and oxygen atoms in total. The molecule has 0 bridgehead atoms. The van der Waals surface area contributed by atoms with Gasteiger partial charge in [-0.1, -0.05) is 0 Å². The lowest BCUT2D eigenvalue weighted by Gasteiger charge is -2.09. The number of anilines is 1. The maximum Gasteiger partial charge on any atom is 0.269 e. The number of carbonyl (C=O) groups excluding carboxylic acids is 1. The Balaban J connectivity index is 2.15. The normalized spacial score (nSPS) is 9.00. The molecule has 2 N–H and O–H groups in total. The Morgan fingerprint density at radius 2 is 1.73 bits per heavy atom. The molecule has 26 heavy (non-hydrogen) atoms. The molecule has 126 valence electrons. The number of hydrogen-bond donors (Lipinski definition) is 2. The number of allylic oxidation sites excluding steroid dienone is 2. The van der Waals surface area contributed by atoms with Crippen molar-refractivity contribution in [3.05, 3.63) is 59.6 Å². The van der Waals surface area contributed by atoms with Gasteiger partial charge in [0.15, 0.2) is 5.57 Å². The Labute approximate surface area is 149 Å². The quantitative estimate of drug-likeness (QED) is 0.795. The van der Waals surface area contributed by atoms with Gasteiger partial charge in [-0.2, -0.15) is 15.8 Å². The molecular weight excluding hydrogens is 332 g/mol. The molecular formula is C18H12N6O2. The van der Waals surface area contributed by atoms with Crippen molar-refractivity contribution >= 4 is 11.6 Å². The third-order valence-corrected chi connectivity index (χ3v) is 3.14. The highest BCUT2D eigenvalue weighted by Crippen LogP contribution is 2.24. The number of nitriles is 3. The fraction of sp³-hybridized carbons (Fsp3) is 0.0556. The first-order valence-electron chi connectivity index (χ1n) is 7.29. The predicted molar refractivity (Wildman–Crippen MR) is 91.6 cm³/mol. The monoisotopic (exact) mass is 344 g/mol. The maximum absolute atomic E-state index is 11.6. The van der Waals surface area contributed by atoms with Gasteiger partial charge in [-0.3, -0.25) is 9.78 Å². The molecule has 0 fully saturated rings. The Bertz CT molecular complexity index is 958. The first-order valence-corrected chi connectivity index (χ1v) is 7.29. The average molecular weight is 344 g/mol. The number of carbonyl (C=O) groups is 1. The van der Waals surface area contributed by atoms with Crippen molar-refractivity contribution in [2.75, 3.05) is 12.4 Å². The van der Waals surface area contributed by atoms with Crippen LogP contribution in [0.2, 0.25) is 0 Å². The molecule has 0 saturated carbocycles. The lowest BCUT2D eigenvalue weighted by Crippen LogP contribution is -2.18. The molecule has 2 aromatic rings. The molecule has 0 aliphatic heterocycles. The molecule has 0 aliphatic carbocycles. The van der Waals surface area contributed by atoms with Crippen molar-refractivity contribution < 1.29 is 9.53 Å². The highest BCUT2D eigenvalue weighted by atomic mass is 16.5. The van der Waals surface area contributed by atoms with E-state index in [0.29, 0.717) is 17.2 Å². The highest BCUT2D eigenvalue weighted by Gasteiger charge is 2.08. The Kier molecular flexibility index (Phi) is 5.87. The predicted octanol–water partition coefficient (Wildman–Crippen LogP) is 2.47. The summed E-state index contributed by atoms with van der Waals surface area (Å²) in [7, 11) is 1.51. The first kappa shape index (κ1) is 18.0. The standard InChI is InChI=1S/C18H12N6O2/c1-22-18(25)16-8-15(6-7-23-16)26-14-4-2-13(3-5-14)24-17(11-21)12(9-19)10-20/h2-8,24H,1H3,(H,22,25). The largest absolute Gasteiger partial charge is 0.457 e. The third kappa shape index (κ3) is 4.35. The lowest BCUT2D eigenvalue weighted by molar-refractivity contribution is 0.0958. The fourth-order valence-corrected chi connectivity index (χ4v) is 1.90. The minimum atomic E-state index is -0.323. The molecule has 1 heterocycles. The van der Waals surface area contributed by atoms with Gasteiger partial charge in [-0.05, 0) is 30.3 Å². The molecule has 0 aliphatic rings. The topological polar surface area (TPSA) is 135 Å². The Hall–Kier alpha value is -4.35. The summed E-state index contributed by atoms with van der Waals surface area (Å²) in [5.74, 6) is 0.609. The van der Waals surface area contributed by atoms with Gasteiger partial charge in [0.2, 0.25) is 0 Å². The van der Waals surface area contributed by atoms with Gasteiger partial charge in [-0.25, -0.2) is 0 Å². The molecule has 1 amide bonds. The number of nitrogens with zero attached hydrogens (tertiary/aromatic N) is 4. The van der Waals surface area contributed by atoms with E-state index in [2.05, 4.69) is 15.6 Å². The molecule has 2 rings (SSSR count). The van der Waals surface area contributed by atoms with E-state index in [9.17, 15) is 4.79 Å². The molecule has 8 heteroatoms. The zero-order chi connectivity index (χ0) is 18.9. The van der Waals surface area contributed by atoms with Crippen LogP contribution in [0.3, 0.4) is 0 Å². The van der Waals surface area contributed by atoms with Crippen molar-refractivity contribution in [1.82, 2.24) is 10.3 Å². The van der Waals surface area contributed by atoms with Crippen LogP contribution in [0.1, 0.15) is 10.5 Å². The van der Waals surface area contributed by atoms with Gasteiger partial charge in [0.05, 0.1) is 0 Å². The van der Waals surface area contributed by atoms with Gasteiger partial charge in [0.25, 0.3) is 5.91 Å². The number of amides is 1. The summed E-state index contributed by atoms with van der Waals surface area (Å²) in [5.41, 5.74) is 0.310. The second-order valence-corrected chi connectivity index (χ2v) is 4.79. The summed E-state index contributed by atoms with van der Waals surface area (Å²) in [5, 5.41) is 31.8.